The number of aromatic nitrogens is 1. The first-order valence-electron chi connectivity index (χ1n) is 11.2. The lowest BCUT2D eigenvalue weighted by atomic mass is 9.89. The number of H-pyrrole nitrogens is 1. The molecule has 1 saturated carbocycles. The molecule has 5 nitrogen and oxygen atoms in total. The first-order valence-corrected chi connectivity index (χ1v) is 12.4. The van der Waals surface area contributed by atoms with Crippen molar-refractivity contribution in [1.82, 2.24) is 14.8 Å². The Balaban J connectivity index is 1.54. The molecule has 7 heteroatoms. The van der Waals surface area contributed by atoms with Crippen molar-refractivity contribution in [3.05, 3.63) is 63.8 Å². The largest absolute Gasteiger partial charge is 0.497 e. The van der Waals surface area contributed by atoms with E-state index in [9.17, 15) is 4.79 Å². The Bertz CT molecular complexity index is 1250. The molecule has 164 valence electrons. The van der Waals surface area contributed by atoms with Gasteiger partial charge in [0, 0.05) is 33.5 Å². The van der Waals surface area contributed by atoms with E-state index in [4.69, 9.17) is 17.0 Å². The third kappa shape index (κ3) is 2.94. The summed E-state index contributed by atoms with van der Waals surface area (Å²) in [6.07, 6.45) is 5.07. The van der Waals surface area contributed by atoms with E-state index in [1.54, 1.807) is 7.11 Å². The molecule has 2 aliphatic heterocycles. The summed E-state index contributed by atoms with van der Waals surface area (Å²) in [5.74, 6) is 0.957. The van der Waals surface area contributed by atoms with Crippen LogP contribution in [0, 0.1) is 0 Å². The minimum atomic E-state index is -0.273. The van der Waals surface area contributed by atoms with Gasteiger partial charge in [0.1, 0.15) is 11.8 Å². The highest BCUT2D eigenvalue weighted by Crippen LogP contribution is 2.46. The maximum Gasteiger partial charge on any atom is 0.252 e. The Morgan fingerprint density at radius 2 is 1.97 bits per heavy atom. The highest BCUT2D eigenvalue weighted by molar-refractivity contribution is 9.10. The number of rotatable bonds is 3. The van der Waals surface area contributed by atoms with Gasteiger partial charge in [-0.05, 0) is 66.5 Å². The molecule has 6 rings (SSSR count). The molecule has 0 bridgehead atoms. The zero-order valence-corrected chi connectivity index (χ0v) is 20.2. The summed E-state index contributed by atoms with van der Waals surface area (Å²) in [5, 5.41) is 1.84. The van der Waals surface area contributed by atoms with Crippen molar-refractivity contribution < 1.29 is 9.53 Å². The molecule has 3 aromatic rings. The van der Waals surface area contributed by atoms with Gasteiger partial charge in [-0.15, -0.1) is 0 Å². The molecule has 32 heavy (non-hydrogen) atoms. The van der Waals surface area contributed by atoms with Crippen LogP contribution in [0.2, 0.25) is 0 Å². The van der Waals surface area contributed by atoms with E-state index in [0.29, 0.717) is 11.5 Å². The Morgan fingerprint density at radius 3 is 2.75 bits per heavy atom. The van der Waals surface area contributed by atoms with Crippen molar-refractivity contribution in [3.8, 4) is 5.75 Å². The number of carbonyl (C=O) groups is 1. The van der Waals surface area contributed by atoms with Crippen LogP contribution in [0.1, 0.15) is 48.5 Å². The number of nitrogens with zero attached hydrogens (tertiary/aromatic N) is 2. The number of ether oxygens (including phenoxy) is 1. The molecule has 2 fully saturated rings. The summed E-state index contributed by atoms with van der Waals surface area (Å²) in [6.45, 7) is 0. The second kappa shape index (κ2) is 7.59. The van der Waals surface area contributed by atoms with Gasteiger partial charge in [0.2, 0.25) is 0 Å². The minimum absolute atomic E-state index is 0.157. The molecule has 2 unspecified atom stereocenters. The minimum Gasteiger partial charge on any atom is -0.497 e. The van der Waals surface area contributed by atoms with E-state index in [1.807, 2.05) is 23.1 Å². The maximum atomic E-state index is 13.7. The third-order valence-corrected chi connectivity index (χ3v) is 8.14. The SMILES string of the molecule is COc1cccc(C2c3[nH]c4ccc(Br)cc4c3CC3C(=O)N(C4CCCC4)C(=S)N32)c1. The summed E-state index contributed by atoms with van der Waals surface area (Å²) in [5.41, 5.74) is 4.48. The van der Waals surface area contributed by atoms with Crippen LogP contribution in [0.5, 0.6) is 5.75 Å². The van der Waals surface area contributed by atoms with Gasteiger partial charge in [0.15, 0.2) is 5.11 Å². The van der Waals surface area contributed by atoms with Crippen molar-refractivity contribution in [3.63, 3.8) is 0 Å². The fraction of sp³-hybridized carbons (Fsp3) is 0.360. The quantitative estimate of drug-likeness (QED) is 0.485. The van der Waals surface area contributed by atoms with Gasteiger partial charge in [-0.2, -0.15) is 0 Å². The molecular weight excluding hydrogens is 486 g/mol. The number of methoxy groups -OCH3 is 1. The number of hydrogen-bond acceptors (Lipinski definition) is 3. The van der Waals surface area contributed by atoms with Crippen LogP contribution in [0.25, 0.3) is 10.9 Å². The van der Waals surface area contributed by atoms with Crippen LogP contribution in [0.15, 0.2) is 46.9 Å². The number of carbonyl (C=O) groups excluding carboxylic acids is 1. The summed E-state index contributed by atoms with van der Waals surface area (Å²) >= 11 is 9.62. The maximum absolute atomic E-state index is 13.7. The summed E-state index contributed by atoms with van der Waals surface area (Å²) < 4.78 is 6.56. The zero-order valence-electron chi connectivity index (χ0n) is 17.8. The Hall–Kier alpha value is -2.38. The van der Waals surface area contributed by atoms with E-state index in [-0.39, 0.29) is 24.0 Å². The first kappa shape index (κ1) is 20.2. The molecule has 3 aliphatic rings. The average Bonchev–Trinajstić information content (AvgIpc) is 3.50. The van der Waals surface area contributed by atoms with Crippen LogP contribution in [0.4, 0.5) is 0 Å². The topological polar surface area (TPSA) is 48.6 Å². The van der Waals surface area contributed by atoms with E-state index < -0.39 is 0 Å². The molecule has 1 aromatic heterocycles. The number of thiocarbonyl (C=S) groups is 1. The Kier molecular flexibility index (Phi) is 4.80. The smallest absolute Gasteiger partial charge is 0.252 e. The molecule has 1 aliphatic carbocycles. The molecule has 2 aromatic carbocycles. The van der Waals surface area contributed by atoms with E-state index >= 15 is 0 Å². The lowest BCUT2D eigenvalue weighted by Gasteiger charge is -2.37. The average molecular weight is 510 g/mol. The van der Waals surface area contributed by atoms with Crippen molar-refractivity contribution in [2.75, 3.05) is 7.11 Å². The summed E-state index contributed by atoms with van der Waals surface area (Å²) in [7, 11) is 1.68. The number of hydrogen-bond donors (Lipinski definition) is 1. The summed E-state index contributed by atoms with van der Waals surface area (Å²) in [4.78, 5) is 21.5. The van der Waals surface area contributed by atoms with Gasteiger partial charge in [0.25, 0.3) is 5.91 Å². The van der Waals surface area contributed by atoms with Crippen molar-refractivity contribution >= 4 is 50.1 Å². The fourth-order valence-corrected chi connectivity index (χ4v) is 6.60. The van der Waals surface area contributed by atoms with Gasteiger partial charge in [-0.25, -0.2) is 0 Å². The molecule has 1 N–H and O–H groups in total. The van der Waals surface area contributed by atoms with Crippen molar-refractivity contribution in [1.29, 1.82) is 0 Å². The van der Waals surface area contributed by atoms with Crippen LogP contribution in [-0.2, 0) is 11.2 Å². The number of halogens is 1. The number of nitrogens with one attached hydrogen (secondary N) is 1. The number of fused-ring (bicyclic) bond motifs is 4. The number of aromatic amines is 1. The van der Waals surface area contributed by atoms with Gasteiger partial charge in [0.05, 0.1) is 13.2 Å². The standard InChI is InChI=1S/C25H24BrN3O2S/c1-31-17-8-4-5-14(11-17)23-22-19(18-12-15(26)9-10-20(18)27-22)13-21-24(30)28(25(32)29(21)23)16-6-2-3-7-16/h4-5,8-12,16,21,23,27H,2-3,6-7,13H2,1H3. The van der Waals surface area contributed by atoms with Crippen LogP contribution in [-0.4, -0.2) is 45.0 Å². The predicted molar refractivity (Wildman–Crippen MR) is 132 cm³/mol. The van der Waals surface area contributed by atoms with E-state index in [2.05, 4.69) is 50.1 Å². The molecule has 0 radical (unpaired) electrons. The molecule has 1 saturated heterocycles. The predicted octanol–water partition coefficient (Wildman–Crippen LogP) is 5.32. The van der Waals surface area contributed by atoms with E-state index in [0.717, 1.165) is 39.8 Å². The van der Waals surface area contributed by atoms with Gasteiger partial charge >= 0.3 is 0 Å². The molecule has 0 spiro atoms. The normalized spacial score (nSPS) is 23.2. The molecule has 1 amide bonds. The second-order valence-corrected chi connectivity index (χ2v) is 10.2. The molecule has 3 heterocycles. The number of amides is 1. The molecule has 2 atom stereocenters. The van der Waals surface area contributed by atoms with Gasteiger partial charge in [-0.3, -0.25) is 9.69 Å². The second-order valence-electron chi connectivity index (χ2n) is 8.94. The van der Waals surface area contributed by atoms with Crippen LogP contribution >= 0.6 is 28.1 Å². The van der Waals surface area contributed by atoms with Crippen LogP contribution in [0.3, 0.4) is 0 Å². The number of benzene rings is 2. The van der Waals surface area contributed by atoms with Crippen molar-refractivity contribution in [2.24, 2.45) is 0 Å². The Labute approximate surface area is 200 Å². The van der Waals surface area contributed by atoms with Crippen LogP contribution < -0.4 is 4.74 Å². The monoisotopic (exact) mass is 509 g/mol. The summed E-state index contributed by atoms with van der Waals surface area (Å²) in [6, 6.07) is 14.2. The highest BCUT2D eigenvalue weighted by Gasteiger charge is 2.52. The fourth-order valence-electron chi connectivity index (χ4n) is 5.77. The lowest BCUT2D eigenvalue weighted by molar-refractivity contribution is -0.129. The van der Waals surface area contributed by atoms with Gasteiger partial charge < -0.3 is 14.6 Å². The molecular formula is C25H24BrN3O2S. The van der Waals surface area contributed by atoms with E-state index in [1.165, 1.54) is 23.8 Å². The lowest BCUT2D eigenvalue weighted by Crippen LogP contribution is -2.44. The van der Waals surface area contributed by atoms with Crippen molar-refractivity contribution in [2.45, 2.75) is 50.2 Å². The van der Waals surface area contributed by atoms with Gasteiger partial charge in [-0.1, -0.05) is 40.9 Å². The first-order chi connectivity index (χ1) is 15.6. The Morgan fingerprint density at radius 1 is 1.16 bits per heavy atom. The highest BCUT2D eigenvalue weighted by atomic mass is 79.9. The third-order valence-electron chi connectivity index (χ3n) is 7.23. The zero-order chi connectivity index (χ0) is 22.0.